The number of para-hydroxylation sites is 1. The molecule has 0 spiro atoms. The monoisotopic (exact) mass is 253 g/mol. The van der Waals surface area contributed by atoms with Gasteiger partial charge in [-0.1, -0.05) is 18.2 Å². The van der Waals surface area contributed by atoms with Crippen LogP contribution in [0, 0.1) is 0 Å². The molecule has 0 unspecified atom stereocenters. The van der Waals surface area contributed by atoms with Crippen molar-refractivity contribution in [3.05, 3.63) is 60.2 Å². The average Bonchev–Trinajstić information content (AvgIpc) is 3.07. The normalized spacial score (nSPS) is 11.2. The van der Waals surface area contributed by atoms with Gasteiger partial charge in [0.25, 0.3) is 5.91 Å². The van der Waals surface area contributed by atoms with E-state index in [1.165, 1.54) is 6.21 Å². The van der Waals surface area contributed by atoms with Crippen molar-refractivity contribution >= 4 is 23.0 Å². The van der Waals surface area contributed by atoms with Gasteiger partial charge in [-0.2, -0.15) is 5.10 Å². The molecule has 0 aliphatic rings. The Labute approximate surface area is 108 Å². The van der Waals surface area contributed by atoms with Crippen LogP contribution >= 0.6 is 0 Å². The zero-order valence-electron chi connectivity index (χ0n) is 9.96. The molecule has 0 bridgehead atoms. The van der Waals surface area contributed by atoms with Crippen molar-refractivity contribution < 1.29 is 9.21 Å². The highest BCUT2D eigenvalue weighted by Gasteiger charge is 2.10. The summed E-state index contributed by atoms with van der Waals surface area (Å²) in [4.78, 5) is 15.0. The molecule has 0 aliphatic heterocycles. The zero-order valence-corrected chi connectivity index (χ0v) is 9.96. The molecule has 3 aromatic rings. The Morgan fingerprint density at radius 2 is 2.21 bits per heavy atom. The van der Waals surface area contributed by atoms with Crippen LogP contribution in [-0.2, 0) is 0 Å². The summed E-state index contributed by atoms with van der Waals surface area (Å²) in [5, 5.41) is 4.75. The van der Waals surface area contributed by atoms with Crippen LogP contribution in [0.1, 0.15) is 15.9 Å². The molecule has 0 fully saturated rings. The molecule has 19 heavy (non-hydrogen) atoms. The maximum Gasteiger partial charge on any atom is 0.273 e. The van der Waals surface area contributed by atoms with Crippen molar-refractivity contribution in [2.24, 2.45) is 5.10 Å². The van der Waals surface area contributed by atoms with Gasteiger partial charge in [-0.25, -0.2) is 5.43 Å². The summed E-state index contributed by atoms with van der Waals surface area (Å²) in [6.07, 6.45) is 6.29. The number of hydrazone groups is 1. The van der Waals surface area contributed by atoms with E-state index in [0.717, 1.165) is 16.5 Å². The van der Waals surface area contributed by atoms with Gasteiger partial charge in [-0.05, 0) is 12.1 Å². The SMILES string of the molecule is O=C(N/N=C/c1ccoc1)c1c[nH]c2ccccc12. The van der Waals surface area contributed by atoms with E-state index in [9.17, 15) is 4.79 Å². The fraction of sp³-hybridized carbons (Fsp3) is 0. The number of hydrogen-bond acceptors (Lipinski definition) is 3. The fourth-order valence-corrected chi connectivity index (χ4v) is 1.83. The Bertz CT molecular complexity index is 726. The average molecular weight is 253 g/mol. The molecular weight excluding hydrogens is 242 g/mol. The summed E-state index contributed by atoms with van der Waals surface area (Å²) >= 11 is 0. The molecule has 1 aromatic carbocycles. The number of nitrogens with one attached hydrogen (secondary N) is 2. The van der Waals surface area contributed by atoms with Gasteiger partial charge in [0.2, 0.25) is 0 Å². The molecule has 0 saturated heterocycles. The van der Waals surface area contributed by atoms with E-state index in [1.807, 2.05) is 24.3 Å². The van der Waals surface area contributed by atoms with E-state index < -0.39 is 0 Å². The van der Waals surface area contributed by atoms with Gasteiger partial charge in [0.1, 0.15) is 0 Å². The first kappa shape index (κ1) is 11.3. The lowest BCUT2D eigenvalue weighted by Gasteiger charge is -1.97. The van der Waals surface area contributed by atoms with Gasteiger partial charge in [0.05, 0.1) is 24.3 Å². The van der Waals surface area contributed by atoms with Gasteiger partial charge in [0, 0.05) is 22.7 Å². The first-order valence-corrected chi connectivity index (χ1v) is 5.76. The summed E-state index contributed by atoms with van der Waals surface area (Å²) in [5.74, 6) is -0.253. The molecule has 3 rings (SSSR count). The third kappa shape index (κ3) is 2.26. The highest BCUT2D eigenvalue weighted by atomic mass is 16.3. The maximum absolute atomic E-state index is 12.0. The summed E-state index contributed by atoms with van der Waals surface area (Å²) in [5.41, 5.74) is 4.77. The second-order valence-corrected chi connectivity index (χ2v) is 4.00. The second-order valence-electron chi connectivity index (χ2n) is 4.00. The molecule has 5 nitrogen and oxygen atoms in total. The number of hydrogen-bond donors (Lipinski definition) is 2. The molecule has 0 saturated carbocycles. The Balaban J connectivity index is 1.77. The van der Waals surface area contributed by atoms with Gasteiger partial charge in [-0.15, -0.1) is 0 Å². The highest BCUT2D eigenvalue weighted by Crippen LogP contribution is 2.17. The smallest absolute Gasteiger partial charge is 0.273 e. The van der Waals surface area contributed by atoms with Gasteiger partial charge >= 0.3 is 0 Å². The Morgan fingerprint density at radius 3 is 3.05 bits per heavy atom. The van der Waals surface area contributed by atoms with Crippen LogP contribution in [0.2, 0.25) is 0 Å². The number of furan rings is 1. The fourth-order valence-electron chi connectivity index (χ4n) is 1.83. The topological polar surface area (TPSA) is 70.4 Å². The summed E-state index contributed by atoms with van der Waals surface area (Å²) in [7, 11) is 0. The number of fused-ring (bicyclic) bond motifs is 1. The van der Waals surface area contributed by atoms with Crippen molar-refractivity contribution in [2.45, 2.75) is 0 Å². The molecule has 0 atom stereocenters. The Morgan fingerprint density at radius 1 is 1.32 bits per heavy atom. The van der Waals surface area contributed by atoms with Crippen LogP contribution in [0.15, 0.2) is 58.6 Å². The number of rotatable bonds is 3. The molecule has 2 N–H and O–H groups in total. The number of benzene rings is 1. The highest BCUT2D eigenvalue weighted by molar-refractivity contribution is 6.06. The predicted octanol–water partition coefficient (Wildman–Crippen LogP) is 2.52. The van der Waals surface area contributed by atoms with E-state index in [1.54, 1.807) is 24.8 Å². The molecular formula is C14H11N3O2. The largest absolute Gasteiger partial charge is 0.472 e. The van der Waals surface area contributed by atoms with Crippen molar-refractivity contribution in [3.8, 4) is 0 Å². The van der Waals surface area contributed by atoms with E-state index >= 15 is 0 Å². The first-order chi connectivity index (χ1) is 9.34. The molecule has 94 valence electrons. The predicted molar refractivity (Wildman–Crippen MR) is 72.1 cm³/mol. The molecule has 2 heterocycles. The number of carbonyl (C=O) groups is 1. The van der Waals surface area contributed by atoms with Crippen molar-refractivity contribution in [1.82, 2.24) is 10.4 Å². The first-order valence-electron chi connectivity index (χ1n) is 5.76. The minimum Gasteiger partial charge on any atom is -0.472 e. The third-order valence-electron chi connectivity index (χ3n) is 2.76. The lowest BCUT2D eigenvalue weighted by molar-refractivity contribution is 0.0957. The number of carbonyl (C=O) groups excluding carboxylic acids is 1. The molecule has 0 aliphatic carbocycles. The standard InChI is InChI=1S/C14H11N3O2/c18-14(17-16-7-10-5-6-19-9-10)12-8-15-13-4-2-1-3-11(12)13/h1-9,15H,(H,17,18)/b16-7+. The number of aromatic amines is 1. The van der Waals surface area contributed by atoms with E-state index in [2.05, 4.69) is 15.5 Å². The molecule has 1 amide bonds. The maximum atomic E-state index is 12.0. The quantitative estimate of drug-likeness (QED) is 0.556. The van der Waals surface area contributed by atoms with Crippen LogP contribution in [0.25, 0.3) is 10.9 Å². The summed E-state index contributed by atoms with van der Waals surface area (Å²) in [6.45, 7) is 0. The van der Waals surface area contributed by atoms with Crippen molar-refractivity contribution in [1.29, 1.82) is 0 Å². The minimum absolute atomic E-state index is 0.253. The Hall–Kier alpha value is -2.82. The van der Waals surface area contributed by atoms with Crippen LogP contribution in [0.3, 0.4) is 0 Å². The minimum atomic E-state index is -0.253. The van der Waals surface area contributed by atoms with Crippen LogP contribution < -0.4 is 5.43 Å². The molecule has 0 radical (unpaired) electrons. The van der Waals surface area contributed by atoms with Gasteiger partial charge in [0.15, 0.2) is 0 Å². The van der Waals surface area contributed by atoms with E-state index in [4.69, 9.17) is 4.42 Å². The van der Waals surface area contributed by atoms with Crippen molar-refractivity contribution in [3.63, 3.8) is 0 Å². The van der Waals surface area contributed by atoms with Gasteiger partial charge < -0.3 is 9.40 Å². The summed E-state index contributed by atoms with van der Waals surface area (Å²) < 4.78 is 4.89. The van der Waals surface area contributed by atoms with Gasteiger partial charge in [-0.3, -0.25) is 4.79 Å². The number of aromatic nitrogens is 1. The number of amides is 1. The van der Waals surface area contributed by atoms with Crippen LogP contribution in [0.4, 0.5) is 0 Å². The third-order valence-corrected chi connectivity index (χ3v) is 2.76. The lowest BCUT2D eigenvalue weighted by Crippen LogP contribution is -2.17. The van der Waals surface area contributed by atoms with E-state index in [-0.39, 0.29) is 5.91 Å². The number of nitrogens with zero attached hydrogens (tertiary/aromatic N) is 1. The van der Waals surface area contributed by atoms with Crippen LogP contribution in [0.5, 0.6) is 0 Å². The second kappa shape index (κ2) is 4.81. The molecule has 2 aromatic heterocycles. The lowest BCUT2D eigenvalue weighted by atomic mass is 10.2. The Kier molecular flexibility index (Phi) is 2.86. The zero-order chi connectivity index (χ0) is 13.1. The van der Waals surface area contributed by atoms with Crippen LogP contribution in [-0.4, -0.2) is 17.1 Å². The number of H-pyrrole nitrogens is 1. The molecule has 5 heteroatoms. The summed E-state index contributed by atoms with van der Waals surface area (Å²) in [6, 6.07) is 9.36. The van der Waals surface area contributed by atoms with E-state index in [0.29, 0.717) is 5.56 Å². The van der Waals surface area contributed by atoms with Crippen molar-refractivity contribution in [2.75, 3.05) is 0 Å².